The molecule has 2 aliphatic carbocycles. The summed E-state index contributed by atoms with van der Waals surface area (Å²) < 4.78 is 4.16. The molecule has 3 aromatic heterocycles. The van der Waals surface area contributed by atoms with Crippen LogP contribution in [0.3, 0.4) is 0 Å². The summed E-state index contributed by atoms with van der Waals surface area (Å²) in [6.45, 7) is 0. The van der Waals surface area contributed by atoms with Gasteiger partial charge in [-0.3, -0.25) is 9.48 Å². The lowest BCUT2D eigenvalue weighted by atomic mass is 10.1. The van der Waals surface area contributed by atoms with Gasteiger partial charge in [0.1, 0.15) is 6.07 Å². The van der Waals surface area contributed by atoms with Crippen molar-refractivity contribution in [3.63, 3.8) is 0 Å². The van der Waals surface area contributed by atoms with Gasteiger partial charge in [-0.05, 0) is 25.7 Å². The minimum absolute atomic E-state index is 0.139. The lowest BCUT2D eigenvalue weighted by Gasteiger charge is -2.13. The van der Waals surface area contributed by atoms with Crippen LogP contribution in [-0.2, 0) is 0 Å². The van der Waals surface area contributed by atoms with E-state index in [1.165, 1.54) is 31.9 Å². The molecule has 2 aliphatic rings. The number of pyridine rings is 1. The Morgan fingerprint density at radius 1 is 1.16 bits per heavy atom. The largest absolute Gasteiger partial charge is 0.342 e. The third-order valence-electron chi connectivity index (χ3n) is 5.53. The van der Waals surface area contributed by atoms with E-state index in [-0.39, 0.29) is 5.56 Å². The van der Waals surface area contributed by atoms with Crippen LogP contribution in [0, 0.1) is 11.3 Å². The van der Waals surface area contributed by atoms with Gasteiger partial charge < -0.3 is 9.55 Å². The van der Waals surface area contributed by atoms with Gasteiger partial charge in [-0.2, -0.15) is 10.4 Å². The van der Waals surface area contributed by atoms with Crippen LogP contribution in [0.1, 0.15) is 56.2 Å². The number of hydrogen-bond acceptors (Lipinski definition) is 3. The zero-order valence-electron chi connectivity index (χ0n) is 13.9. The number of nitrogens with one attached hydrogen (secondary N) is 1. The van der Waals surface area contributed by atoms with Crippen molar-refractivity contribution in [2.24, 2.45) is 0 Å². The van der Waals surface area contributed by atoms with Crippen molar-refractivity contribution in [3.05, 3.63) is 40.7 Å². The minimum atomic E-state index is -0.139. The Morgan fingerprint density at radius 2 is 1.96 bits per heavy atom. The Morgan fingerprint density at radius 3 is 2.68 bits per heavy atom. The van der Waals surface area contributed by atoms with Crippen molar-refractivity contribution in [1.29, 1.82) is 5.26 Å². The first-order chi connectivity index (χ1) is 12.3. The second kappa shape index (κ2) is 5.35. The van der Waals surface area contributed by atoms with Gasteiger partial charge in [0.2, 0.25) is 0 Å². The normalized spacial score (nSPS) is 18.0. The zero-order chi connectivity index (χ0) is 17.0. The highest BCUT2D eigenvalue weighted by Gasteiger charge is 2.27. The molecule has 6 nitrogen and oxygen atoms in total. The van der Waals surface area contributed by atoms with E-state index in [1.807, 2.05) is 17.1 Å². The Balaban J connectivity index is 1.77. The second-order valence-electron chi connectivity index (χ2n) is 7.20. The zero-order valence-corrected chi connectivity index (χ0v) is 13.9. The maximum absolute atomic E-state index is 12.6. The number of H-pyrrole nitrogens is 1. The molecule has 0 aromatic carbocycles. The van der Waals surface area contributed by atoms with Gasteiger partial charge in [0.25, 0.3) is 5.56 Å². The van der Waals surface area contributed by atoms with Gasteiger partial charge in [-0.15, -0.1) is 0 Å². The maximum atomic E-state index is 12.6. The van der Waals surface area contributed by atoms with E-state index >= 15 is 0 Å². The molecule has 5 rings (SSSR count). The summed E-state index contributed by atoms with van der Waals surface area (Å²) in [7, 11) is 0. The van der Waals surface area contributed by atoms with Gasteiger partial charge in [0.05, 0.1) is 28.7 Å². The molecular weight excluding hydrogens is 314 g/mol. The van der Waals surface area contributed by atoms with Crippen LogP contribution in [0.15, 0.2) is 29.6 Å². The van der Waals surface area contributed by atoms with Crippen molar-refractivity contribution in [2.75, 3.05) is 0 Å². The summed E-state index contributed by atoms with van der Waals surface area (Å²) in [4.78, 5) is 15.3. The highest BCUT2D eigenvalue weighted by Crippen LogP contribution is 2.39. The van der Waals surface area contributed by atoms with Crippen molar-refractivity contribution >= 4 is 10.9 Å². The lowest BCUT2D eigenvalue weighted by Crippen LogP contribution is -2.09. The molecule has 3 aromatic rings. The number of fused-ring (bicyclic) bond motifs is 1. The molecule has 0 unspecified atom stereocenters. The van der Waals surface area contributed by atoms with Crippen molar-refractivity contribution in [1.82, 2.24) is 19.3 Å². The van der Waals surface area contributed by atoms with Crippen LogP contribution in [0.25, 0.3) is 22.0 Å². The lowest BCUT2D eigenvalue weighted by molar-refractivity contribution is 0.535. The van der Waals surface area contributed by atoms with E-state index in [2.05, 4.69) is 26.9 Å². The molecule has 0 aliphatic heterocycles. The number of nitrogens with zero attached hydrogens (tertiary/aromatic N) is 4. The summed E-state index contributed by atoms with van der Waals surface area (Å²) in [5.74, 6) is 0. The van der Waals surface area contributed by atoms with E-state index < -0.39 is 0 Å². The summed E-state index contributed by atoms with van der Waals surface area (Å²) >= 11 is 0. The monoisotopic (exact) mass is 333 g/mol. The maximum Gasteiger partial charge on any atom is 0.258 e. The van der Waals surface area contributed by atoms with E-state index in [1.54, 1.807) is 0 Å². The molecule has 0 saturated heterocycles. The Bertz CT molecular complexity index is 1050. The van der Waals surface area contributed by atoms with Crippen LogP contribution in [0.5, 0.6) is 0 Å². The Kier molecular flexibility index (Phi) is 3.11. The summed E-state index contributed by atoms with van der Waals surface area (Å²) in [6, 6.07) is 3.12. The van der Waals surface area contributed by atoms with Gasteiger partial charge in [-0.25, -0.2) is 0 Å². The average Bonchev–Trinajstić information content (AvgIpc) is 3.07. The molecule has 0 atom stereocenters. The Hall–Kier alpha value is -2.81. The van der Waals surface area contributed by atoms with E-state index in [0.29, 0.717) is 23.0 Å². The first kappa shape index (κ1) is 14.5. The molecule has 0 radical (unpaired) electrons. The van der Waals surface area contributed by atoms with Crippen molar-refractivity contribution in [3.8, 4) is 17.2 Å². The van der Waals surface area contributed by atoms with Crippen LogP contribution < -0.4 is 5.56 Å². The second-order valence-corrected chi connectivity index (χ2v) is 7.20. The predicted octanol–water partition coefficient (Wildman–Crippen LogP) is 3.51. The van der Waals surface area contributed by atoms with Crippen LogP contribution in [0.2, 0.25) is 0 Å². The fourth-order valence-corrected chi connectivity index (χ4v) is 4.10. The van der Waals surface area contributed by atoms with Crippen molar-refractivity contribution in [2.45, 2.75) is 50.6 Å². The number of nitriles is 1. The molecule has 0 spiro atoms. The molecule has 126 valence electrons. The molecule has 6 heteroatoms. The first-order valence-electron chi connectivity index (χ1n) is 8.97. The first-order valence-corrected chi connectivity index (χ1v) is 8.97. The highest BCUT2D eigenvalue weighted by molar-refractivity contribution is 5.97. The molecule has 2 saturated carbocycles. The predicted molar refractivity (Wildman–Crippen MR) is 94.3 cm³/mol. The Labute approximate surface area is 144 Å². The third-order valence-corrected chi connectivity index (χ3v) is 5.53. The van der Waals surface area contributed by atoms with Crippen LogP contribution in [-0.4, -0.2) is 19.3 Å². The number of aromatic nitrogens is 4. The minimum Gasteiger partial charge on any atom is -0.342 e. The molecular formula is C19H19N5O. The molecule has 0 amide bonds. The van der Waals surface area contributed by atoms with Gasteiger partial charge in [0, 0.05) is 35.8 Å². The van der Waals surface area contributed by atoms with Gasteiger partial charge in [-0.1, -0.05) is 12.8 Å². The van der Waals surface area contributed by atoms with Gasteiger partial charge in [0.15, 0.2) is 0 Å². The quantitative estimate of drug-likeness (QED) is 0.796. The fraction of sp³-hybridized carbons (Fsp3) is 0.421. The molecule has 0 bridgehead atoms. The van der Waals surface area contributed by atoms with Crippen LogP contribution >= 0.6 is 0 Å². The number of hydrogen-bond donors (Lipinski definition) is 1. The molecule has 25 heavy (non-hydrogen) atoms. The standard InChI is InChI=1S/C19H19N5O/c20-7-12-8-21-19(25)17-16(13-9-22-24(10-13)15-5-6-15)11-23(18(12)17)14-3-1-2-4-14/h8-11,14-15H,1-6H2,(H,21,25). The molecule has 3 heterocycles. The van der Waals surface area contributed by atoms with E-state index in [4.69, 9.17) is 0 Å². The smallest absolute Gasteiger partial charge is 0.258 e. The topological polar surface area (TPSA) is 79.4 Å². The van der Waals surface area contributed by atoms with Gasteiger partial charge >= 0.3 is 0 Å². The van der Waals surface area contributed by atoms with E-state index in [9.17, 15) is 10.1 Å². The SMILES string of the molecule is N#Cc1c[nH]c(=O)c2c(-c3cnn(C4CC4)c3)cn(C3CCCC3)c12. The average molecular weight is 333 g/mol. The van der Waals surface area contributed by atoms with Crippen molar-refractivity contribution < 1.29 is 0 Å². The highest BCUT2D eigenvalue weighted by atomic mass is 16.1. The molecule has 2 fully saturated rings. The third kappa shape index (κ3) is 2.23. The molecule has 1 N–H and O–H groups in total. The summed E-state index contributed by atoms with van der Waals surface area (Å²) in [6.07, 6.45) is 14.4. The van der Waals surface area contributed by atoms with Crippen LogP contribution in [0.4, 0.5) is 0 Å². The number of rotatable bonds is 3. The number of aromatic amines is 1. The van der Waals surface area contributed by atoms with E-state index in [0.717, 1.165) is 29.5 Å². The summed E-state index contributed by atoms with van der Waals surface area (Å²) in [5, 5.41) is 14.6. The fourth-order valence-electron chi connectivity index (χ4n) is 4.10. The summed E-state index contributed by atoms with van der Waals surface area (Å²) in [5.41, 5.74) is 3.00.